The number of rotatable bonds is 6. The molecule has 0 spiro atoms. The monoisotopic (exact) mass is 185 g/mol. The zero-order valence-corrected chi connectivity index (χ0v) is 8.71. The van der Waals surface area contributed by atoms with Crippen molar-refractivity contribution in [3.8, 4) is 6.07 Å². The van der Waals surface area contributed by atoms with Crippen molar-refractivity contribution in [2.75, 3.05) is 33.4 Å². The van der Waals surface area contributed by atoms with Crippen LogP contribution >= 0.6 is 0 Å². The average Bonchev–Trinajstić information content (AvgIpc) is 2.04. The van der Waals surface area contributed by atoms with Gasteiger partial charge < -0.3 is 15.4 Å². The molecule has 76 valence electrons. The van der Waals surface area contributed by atoms with Crippen molar-refractivity contribution in [1.82, 2.24) is 4.90 Å². The van der Waals surface area contributed by atoms with Crippen molar-refractivity contribution < 1.29 is 4.74 Å². The average molecular weight is 185 g/mol. The normalized spacial score (nSPS) is 15.4. The van der Waals surface area contributed by atoms with Crippen LogP contribution in [0.3, 0.4) is 0 Å². The van der Waals surface area contributed by atoms with E-state index < -0.39 is 5.54 Å². The van der Waals surface area contributed by atoms with Gasteiger partial charge in [-0.2, -0.15) is 5.26 Å². The summed E-state index contributed by atoms with van der Waals surface area (Å²) in [6, 6.07) is 2.06. The van der Waals surface area contributed by atoms with Crippen molar-refractivity contribution in [3.63, 3.8) is 0 Å². The smallest absolute Gasteiger partial charge is 0.114 e. The SMILES string of the molecule is CCOCCN(C)CC(C)(N)C#N. The van der Waals surface area contributed by atoms with E-state index in [2.05, 4.69) is 6.07 Å². The molecule has 0 saturated carbocycles. The van der Waals surface area contributed by atoms with E-state index in [4.69, 9.17) is 15.7 Å². The number of likely N-dealkylation sites (N-methyl/N-ethyl adjacent to an activating group) is 1. The third-order valence-corrected chi connectivity index (χ3v) is 1.68. The number of ether oxygens (including phenoxy) is 1. The van der Waals surface area contributed by atoms with Crippen LogP contribution in [0.25, 0.3) is 0 Å². The molecule has 0 aliphatic carbocycles. The third-order valence-electron chi connectivity index (χ3n) is 1.68. The third kappa shape index (κ3) is 6.52. The molecule has 0 aromatic rings. The van der Waals surface area contributed by atoms with Crippen molar-refractivity contribution in [1.29, 1.82) is 5.26 Å². The van der Waals surface area contributed by atoms with Gasteiger partial charge in [-0.05, 0) is 20.9 Å². The van der Waals surface area contributed by atoms with Crippen LogP contribution in [-0.4, -0.2) is 43.8 Å². The highest BCUT2D eigenvalue weighted by atomic mass is 16.5. The molecule has 0 amide bonds. The standard InChI is InChI=1S/C9H19N3O/c1-4-13-6-5-12(3)8-9(2,11)7-10/h4-6,8,11H2,1-3H3. The lowest BCUT2D eigenvalue weighted by molar-refractivity contribution is 0.118. The van der Waals surface area contributed by atoms with E-state index in [0.717, 1.165) is 13.2 Å². The topological polar surface area (TPSA) is 62.3 Å². The van der Waals surface area contributed by atoms with Crippen LogP contribution in [0.1, 0.15) is 13.8 Å². The molecular formula is C9H19N3O. The molecule has 0 fully saturated rings. The van der Waals surface area contributed by atoms with Crippen molar-refractivity contribution in [3.05, 3.63) is 0 Å². The number of nitriles is 1. The molecule has 0 bridgehead atoms. The maximum atomic E-state index is 8.68. The lowest BCUT2D eigenvalue weighted by Gasteiger charge is -2.23. The van der Waals surface area contributed by atoms with Gasteiger partial charge in [0.2, 0.25) is 0 Å². The van der Waals surface area contributed by atoms with Gasteiger partial charge in [0.15, 0.2) is 0 Å². The van der Waals surface area contributed by atoms with Crippen LogP contribution in [0.5, 0.6) is 0 Å². The zero-order chi connectivity index (χ0) is 10.3. The second-order valence-corrected chi connectivity index (χ2v) is 3.46. The summed E-state index contributed by atoms with van der Waals surface area (Å²) in [4.78, 5) is 2.00. The first-order valence-corrected chi connectivity index (χ1v) is 4.48. The Balaban J connectivity index is 3.63. The molecule has 0 aromatic carbocycles. The number of hydrogen-bond donors (Lipinski definition) is 1. The van der Waals surface area contributed by atoms with E-state index >= 15 is 0 Å². The molecule has 4 nitrogen and oxygen atoms in total. The Kier molecular flexibility index (Phi) is 5.63. The fourth-order valence-corrected chi connectivity index (χ4v) is 1.04. The van der Waals surface area contributed by atoms with Gasteiger partial charge in [0.25, 0.3) is 0 Å². The molecule has 0 heterocycles. The second-order valence-electron chi connectivity index (χ2n) is 3.46. The maximum absolute atomic E-state index is 8.68. The molecule has 0 rings (SSSR count). The summed E-state index contributed by atoms with van der Waals surface area (Å²) in [5.41, 5.74) is 4.91. The number of nitrogens with zero attached hydrogens (tertiary/aromatic N) is 2. The van der Waals surface area contributed by atoms with Crippen LogP contribution in [0.15, 0.2) is 0 Å². The molecule has 0 aromatic heterocycles. The summed E-state index contributed by atoms with van der Waals surface area (Å²) in [6.07, 6.45) is 0. The first kappa shape index (κ1) is 12.4. The molecule has 0 aliphatic heterocycles. The summed E-state index contributed by atoms with van der Waals surface area (Å²) in [6.45, 7) is 6.48. The van der Waals surface area contributed by atoms with Gasteiger partial charge in [-0.15, -0.1) is 0 Å². The van der Waals surface area contributed by atoms with Gasteiger partial charge in [-0.1, -0.05) is 0 Å². The Morgan fingerprint density at radius 3 is 2.69 bits per heavy atom. The fourth-order valence-electron chi connectivity index (χ4n) is 1.04. The Labute approximate surface area is 80.3 Å². The molecular weight excluding hydrogens is 166 g/mol. The predicted octanol–water partition coefficient (Wildman–Crippen LogP) is 0.196. The van der Waals surface area contributed by atoms with Gasteiger partial charge in [0.05, 0.1) is 12.7 Å². The first-order valence-electron chi connectivity index (χ1n) is 4.48. The van der Waals surface area contributed by atoms with Crippen molar-refractivity contribution >= 4 is 0 Å². The zero-order valence-electron chi connectivity index (χ0n) is 8.71. The highest BCUT2D eigenvalue weighted by Gasteiger charge is 2.19. The van der Waals surface area contributed by atoms with Crippen molar-refractivity contribution in [2.24, 2.45) is 5.73 Å². The fraction of sp³-hybridized carbons (Fsp3) is 0.889. The quantitative estimate of drug-likeness (QED) is 0.600. The summed E-state index contributed by atoms with van der Waals surface area (Å²) in [5.74, 6) is 0. The lowest BCUT2D eigenvalue weighted by atomic mass is 10.1. The first-order chi connectivity index (χ1) is 6.02. The van der Waals surface area contributed by atoms with Crippen LogP contribution < -0.4 is 5.73 Å². The van der Waals surface area contributed by atoms with Gasteiger partial charge >= 0.3 is 0 Å². The highest BCUT2D eigenvalue weighted by molar-refractivity contribution is 5.02. The molecule has 1 atom stereocenters. The van der Waals surface area contributed by atoms with E-state index in [0.29, 0.717) is 13.2 Å². The van der Waals surface area contributed by atoms with E-state index in [1.165, 1.54) is 0 Å². The van der Waals surface area contributed by atoms with Crippen molar-refractivity contribution in [2.45, 2.75) is 19.4 Å². The number of nitrogens with two attached hydrogens (primary N) is 1. The Morgan fingerprint density at radius 2 is 2.23 bits per heavy atom. The predicted molar refractivity (Wildman–Crippen MR) is 52.2 cm³/mol. The molecule has 0 aliphatic rings. The Bertz CT molecular complexity index is 174. The van der Waals surface area contributed by atoms with Gasteiger partial charge in [0, 0.05) is 19.7 Å². The maximum Gasteiger partial charge on any atom is 0.114 e. The molecule has 0 saturated heterocycles. The Hall–Kier alpha value is -0.630. The van der Waals surface area contributed by atoms with E-state index in [-0.39, 0.29) is 0 Å². The molecule has 0 radical (unpaired) electrons. The van der Waals surface area contributed by atoms with E-state index in [9.17, 15) is 0 Å². The highest BCUT2D eigenvalue weighted by Crippen LogP contribution is 1.98. The minimum absolute atomic E-state index is 0.566. The minimum Gasteiger partial charge on any atom is -0.380 e. The summed E-state index contributed by atoms with van der Waals surface area (Å²) in [7, 11) is 1.93. The summed E-state index contributed by atoms with van der Waals surface area (Å²) >= 11 is 0. The largest absolute Gasteiger partial charge is 0.380 e. The minimum atomic E-state index is -0.763. The van der Waals surface area contributed by atoms with Crippen LogP contribution in [0.4, 0.5) is 0 Å². The van der Waals surface area contributed by atoms with Gasteiger partial charge in [0.1, 0.15) is 5.54 Å². The van der Waals surface area contributed by atoms with Gasteiger partial charge in [-0.3, -0.25) is 0 Å². The Morgan fingerprint density at radius 1 is 1.62 bits per heavy atom. The second kappa shape index (κ2) is 5.92. The van der Waals surface area contributed by atoms with Gasteiger partial charge in [-0.25, -0.2) is 0 Å². The van der Waals surface area contributed by atoms with Crippen LogP contribution in [0, 0.1) is 11.3 Å². The van der Waals surface area contributed by atoms with E-state index in [1.54, 1.807) is 6.92 Å². The molecule has 2 N–H and O–H groups in total. The van der Waals surface area contributed by atoms with E-state index in [1.807, 2.05) is 18.9 Å². The van der Waals surface area contributed by atoms with Crippen LogP contribution in [0.2, 0.25) is 0 Å². The summed E-state index contributed by atoms with van der Waals surface area (Å²) in [5, 5.41) is 8.68. The molecule has 13 heavy (non-hydrogen) atoms. The lowest BCUT2D eigenvalue weighted by Crippen LogP contribution is -2.46. The summed E-state index contributed by atoms with van der Waals surface area (Å²) < 4.78 is 5.19. The van der Waals surface area contributed by atoms with Crippen LogP contribution in [-0.2, 0) is 4.74 Å². The molecule has 4 heteroatoms. The number of hydrogen-bond acceptors (Lipinski definition) is 4. The molecule has 1 unspecified atom stereocenters.